The van der Waals surface area contributed by atoms with Crippen molar-refractivity contribution in [1.29, 1.82) is 0 Å². The van der Waals surface area contributed by atoms with E-state index in [9.17, 15) is 18.0 Å². The lowest BCUT2D eigenvalue weighted by Gasteiger charge is -2.18. The third-order valence-corrected chi connectivity index (χ3v) is 5.60. The smallest absolute Gasteiger partial charge is 0.271 e. The summed E-state index contributed by atoms with van der Waals surface area (Å²) in [6.07, 6.45) is 0. The van der Waals surface area contributed by atoms with Crippen molar-refractivity contribution in [3.05, 3.63) is 52.5 Å². The minimum atomic E-state index is -3.76. The van der Waals surface area contributed by atoms with Gasteiger partial charge in [0.1, 0.15) is 13.2 Å². The molecule has 2 aromatic rings. The van der Waals surface area contributed by atoms with Gasteiger partial charge in [0.05, 0.1) is 15.5 Å². The lowest BCUT2D eigenvalue weighted by Crippen LogP contribution is -2.41. The van der Waals surface area contributed by atoms with E-state index in [0.29, 0.717) is 24.7 Å². The van der Waals surface area contributed by atoms with Crippen LogP contribution in [0.5, 0.6) is 11.5 Å². The SMILES string of the molecule is CNS(=O)(=O)c1ccc(Cl)c(C(=O)NNC(=O)c2ccc3c(c2)OCCO3)c1. The number of carbonyl (C=O) groups excluding carboxylic acids is 2. The van der Waals surface area contributed by atoms with Gasteiger partial charge in [-0.25, -0.2) is 13.1 Å². The van der Waals surface area contributed by atoms with Crippen molar-refractivity contribution < 1.29 is 27.5 Å². The summed E-state index contributed by atoms with van der Waals surface area (Å²) in [7, 11) is -2.51. The lowest BCUT2D eigenvalue weighted by atomic mass is 10.2. The van der Waals surface area contributed by atoms with Gasteiger partial charge < -0.3 is 9.47 Å². The van der Waals surface area contributed by atoms with Crippen molar-refractivity contribution >= 4 is 33.4 Å². The highest BCUT2D eigenvalue weighted by atomic mass is 35.5. The first-order valence-electron chi connectivity index (χ1n) is 8.05. The molecule has 2 aromatic carbocycles. The van der Waals surface area contributed by atoms with E-state index in [1.807, 2.05) is 0 Å². The molecule has 28 heavy (non-hydrogen) atoms. The maximum atomic E-state index is 12.3. The zero-order valence-electron chi connectivity index (χ0n) is 14.6. The van der Waals surface area contributed by atoms with E-state index in [0.717, 1.165) is 6.07 Å². The number of hydrogen-bond donors (Lipinski definition) is 3. The van der Waals surface area contributed by atoms with Gasteiger partial charge in [0.25, 0.3) is 11.8 Å². The number of benzene rings is 2. The molecule has 0 radical (unpaired) electrons. The molecular weight excluding hydrogens is 410 g/mol. The standard InChI is InChI=1S/C17H16ClN3O6S/c1-19-28(24,25)11-3-4-13(18)12(9-11)17(23)21-20-16(22)10-2-5-14-15(8-10)27-7-6-26-14/h2-5,8-9,19H,6-7H2,1H3,(H,20,22)(H,21,23). The van der Waals surface area contributed by atoms with Crippen LogP contribution in [0.2, 0.25) is 5.02 Å². The fraction of sp³-hybridized carbons (Fsp3) is 0.176. The molecule has 0 bridgehead atoms. The summed E-state index contributed by atoms with van der Waals surface area (Å²) in [6.45, 7) is 0.802. The van der Waals surface area contributed by atoms with Gasteiger partial charge in [-0.2, -0.15) is 0 Å². The quantitative estimate of drug-likeness (QED) is 0.630. The average Bonchev–Trinajstić information content (AvgIpc) is 2.71. The number of amides is 2. The zero-order valence-corrected chi connectivity index (χ0v) is 16.2. The molecule has 0 atom stereocenters. The second-order valence-electron chi connectivity index (χ2n) is 5.62. The van der Waals surface area contributed by atoms with Crippen LogP contribution in [0.3, 0.4) is 0 Å². The summed E-state index contributed by atoms with van der Waals surface area (Å²) in [6, 6.07) is 8.25. The first kappa shape index (κ1) is 19.9. The van der Waals surface area contributed by atoms with Crippen molar-refractivity contribution in [2.45, 2.75) is 4.90 Å². The molecule has 0 aliphatic carbocycles. The molecule has 0 saturated carbocycles. The van der Waals surface area contributed by atoms with Crippen molar-refractivity contribution in [1.82, 2.24) is 15.6 Å². The van der Waals surface area contributed by atoms with E-state index < -0.39 is 21.8 Å². The highest BCUT2D eigenvalue weighted by molar-refractivity contribution is 7.89. The Balaban J connectivity index is 1.72. The number of rotatable bonds is 4. The van der Waals surface area contributed by atoms with Crippen LogP contribution in [-0.2, 0) is 10.0 Å². The van der Waals surface area contributed by atoms with Crippen LogP contribution < -0.4 is 25.0 Å². The molecular formula is C17H16ClN3O6S. The van der Waals surface area contributed by atoms with Crippen molar-refractivity contribution in [2.24, 2.45) is 0 Å². The summed E-state index contributed by atoms with van der Waals surface area (Å²) < 4.78 is 36.7. The molecule has 2 amide bonds. The Hall–Kier alpha value is -2.82. The molecule has 0 unspecified atom stereocenters. The number of nitrogens with one attached hydrogen (secondary N) is 3. The Kier molecular flexibility index (Phi) is 5.73. The van der Waals surface area contributed by atoms with E-state index in [2.05, 4.69) is 15.6 Å². The molecule has 3 N–H and O–H groups in total. The molecule has 11 heteroatoms. The van der Waals surface area contributed by atoms with E-state index in [1.54, 1.807) is 6.07 Å². The Morgan fingerprint density at radius 2 is 1.64 bits per heavy atom. The van der Waals surface area contributed by atoms with Crippen LogP contribution in [0.4, 0.5) is 0 Å². The highest BCUT2D eigenvalue weighted by Gasteiger charge is 2.19. The highest BCUT2D eigenvalue weighted by Crippen LogP contribution is 2.30. The number of hydrogen-bond acceptors (Lipinski definition) is 6. The van der Waals surface area contributed by atoms with E-state index >= 15 is 0 Å². The molecule has 3 rings (SSSR count). The lowest BCUT2D eigenvalue weighted by molar-refractivity contribution is 0.0846. The molecule has 1 aliphatic rings. The van der Waals surface area contributed by atoms with Gasteiger partial charge in [-0.15, -0.1) is 0 Å². The summed E-state index contributed by atoms with van der Waals surface area (Å²) in [5.41, 5.74) is 4.58. The molecule has 0 saturated heterocycles. The summed E-state index contributed by atoms with van der Waals surface area (Å²) >= 11 is 5.98. The van der Waals surface area contributed by atoms with E-state index in [1.165, 1.54) is 31.3 Å². The average molecular weight is 426 g/mol. The topological polar surface area (TPSA) is 123 Å². The van der Waals surface area contributed by atoms with Gasteiger partial charge in [0.15, 0.2) is 11.5 Å². The molecule has 0 aromatic heterocycles. The van der Waals surface area contributed by atoms with Crippen molar-refractivity contribution in [3.63, 3.8) is 0 Å². The Morgan fingerprint density at radius 1 is 0.964 bits per heavy atom. The van der Waals surface area contributed by atoms with E-state index in [-0.39, 0.29) is 21.0 Å². The molecule has 0 spiro atoms. The zero-order chi connectivity index (χ0) is 20.3. The normalized spacial score (nSPS) is 12.9. The molecule has 1 heterocycles. The third-order valence-electron chi connectivity index (χ3n) is 3.86. The summed E-state index contributed by atoms with van der Waals surface area (Å²) in [4.78, 5) is 24.5. The minimum Gasteiger partial charge on any atom is -0.486 e. The second kappa shape index (κ2) is 8.05. The molecule has 1 aliphatic heterocycles. The first-order chi connectivity index (χ1) is 13.3. The van der Waals surface area contributed by atoms with Gasteiger partial charge in [-0.3, -0.25) is 20.4 Å². The Morgan fingerprint density at radius 3 is 2.36 bits per heavy atom. The first-order valence-corrected chi connectivity index (χ1v) is 9.91. The van der Waals surface area contributed by atoms with E-state index in [4.69, 9.17) is 21.1 Å². The largest absolute Gasteiger partial charge is 0.486 e. The monoisotopic (exact) mass is 425 g/mol. The maximum Gasteiger partial charge on any atom is 0.271 e. The van der Waals surface area contributed by atoms with Crippen LogP contribution in [0, 0.1) is 0 Å². The Bertz CT molecular complexity index is 1040. The van der Waals surface area contributed by atoms with Crippen LogP contribution in [0.15, 0.2) is 41.3 Å². The number of carbonyl (C=O) groups is 2. The Labute approximate surface area is 166 Å². The number of hydrazine groups is 1. The van der Waals surface area contributed by atoms with Crippen LogP contribution >= 0.6 is 11.6 Å². The van der Waals surface area contributed by atoms with Crippen LogP contribution in [-0.4, -0.2) is 40.5 Å². The van der Waals surface area contributed by atoms with Gasteiger partial charge in [0, 0.05) is 5.56 Å². The van der Waals surface area contributed by atoms with Crippen molar-refractivity contribution in [3.8, 4) is 11.5 Å². The third kappa shape index (κ3) is 4.19. The summed E-state index contributed by atoms with van der Waals surface area (Å²) in [5, 5.41) is 0.0288. The minimum absolute atomic E-state index is 0.0288. The van der Waals surface area contributed by atoms with Crippen LogP contribution in [0.1, 0.15) is 20.7 Å². The predicted octanol–water partition coefficient (Wildman–Crippen LogP) is 1.09. The van der Waals surface area contributed by atoms with Crippen molar-refractivity contribution in [2.75, 3.05) is 20.3 Å². The fourth-order valence-electron chi connectivity index (χ4n) is 2.40. The predicted molar refractivity (Wildman–Crippen MR) is 100 cm³/mol. The molecule has 0 fully saturated rings. The van der Waals surface area contributed by atoms with Crippen LogP contribution in [0.25, 0.3) is 0 Å². The molecule has 9 nitrogen and oxygen atoms in total. The fourth-order valence-corrected chi connectivity index (χ4v) is 3.36. The van der Waals surface area contributed by atoms with Gasteiger partial charge in [-0.1, -0.05) is 11.6 Å². The number of sulfonamides is 1. The number of fused-ring (bicyclic) bond motifs is 1. The number of ether oxygens (including phenoxy) is 2. The molecule has 148 valence electrons. The maximum absolute atomic E-state index is 12.3. The van der Waals surface area contributed by atoms with Gasteiger partial charge in [0.2, 0.25) is 10.0 Å². The van der Waals surface area contributed by atoms with Gasteiger partial charge in [-0.05, 0) is 43.4 Å². The second-order valence-corrected chi connectivity index (χ2v) is 7.91. The summed E-state index contributed by atoms with van der Waals surface area (Å²) in [5.74, 6) is -0.413. The number of halogens is 1. The van der Waals surface area contributed by atoms with Gasteiger partial charge >= 0.3 is 0 Å².